The van der Waals surface area contributed by atoms with Crippen LogP contribution in [-0.4, -0.2) is 27.2 Å². The Morgan fingerprint density at radius 1 is 0.700 bits per heavy atom. The van der Waals surface area contributed by atoms with Gasteiger partial charge in [-0.2, -0.15) is 10.5 Å². The van der Waals surface area contributed by atoms with Crippen LogP contribution in [0.15, 0.2) is 59.7 Å². The van der Waals surface area contributed by atoms with Gasteiger partial charge in [-0.05, 0) is 62.4 Å². The van der Waals surface area contributed by atoms with E-state index in [2.05, 4.69) is 42.4 Å². The van der Waals surface area contributed by atoms with E-state index in [1.807, 2.05) is 79.7 Å². The Bertz CT molecular complexity index is 1080. The first kappa shape index (κ1) is 22.2. The van der Waals surface area contributed by atoms with Crippen molar-refractivity contribution in [1.29, 1.82) is 10.5 Å². The van der Waals surface area contributed by atoms with Crippen LogP contribution in [0.2, 0.25) is 0 Å². The molecule has 148 valence electrons. The van der Waals surface area contributed by atoms with E-state index in [1.54, 1.807) is 0 Å². The van der Waals surface area contributed by atoms with Crippen LogP contribution in [0.3, 0.4) is 0 Å². The molecule has 0 bridgehead atoms. The quantitative estimate of drug-likeness (QED) is 0.574. The molecule has 4 heteroatoms. The summed E-state index contributed by atoms with van der Waals surface area (Å²) in [6.45, 7) is 6.11. The molecule has 0 radical (unpaired) electrons. The van der Waals surface area contributed by atoms with Gasteiger partial charge in [0, 0.05) is 49.7 Å². The minimum absolute atomic E-state index is 0.0836. The van der Waals surface area contributed by atoms with Crippen molar-refractivity contribution in [1.82, 2.24) is 0 Å². The summed E-state index contributed by atoms with van der Waals surface area (Å²) >= 11 is 0. The zero-order valence-electron chi connectivity index (χ0n) is 17.8. The van der Waals surface area contributed by atoms with Crippen LogP contribution in [0.1, 0.15) is 25.0 Å². The fraction of sp³-hybridized carbons (Fsp3) is 0.231. The normalized spacial score (nSPS) is 9.00. The summed E-state index contributed by atoms with van der Waals surface area (Å²) in [6, 6.07) is 19.4. The van der Waals surface area contributed by atoms with E-state index >= 15 is 0 Å². The van der Waals surface area contributed by atoms with Gasteiger partial charge in [-0.1, -0.05) is 23.7 Å². The summed E-state index contributed by atoms with van der Waals surface area (Å²) in [6.07, 6.45) is 0. The third-order valence-corrected chi connectivity index (χ3v) is 4.52. The third kappa shape index (κ3) is 5.94. The second-order valence-electron chi connectivity index (χ2n) is 6.63. The first-order valence-electron chi connectivity index (χ1n) is 9.73. The number of hydrogen-bond acceptors (Lipinski definition) is 4. The molecule has 0 atom stereocenters. The zero-order chi connectivity index (χ0) is 21.9. The smallest absolute Gasteiger partial charge is 0.153 e. The molecule has 2 aromatic rings. The maximum Gasteiger partial charge on any atom is 0.153 e. The fourth-order valence-electron chi connectivity index (χ4n) is 2.75. The van der Waals surface area contributed by atoms with Gasteiger partial charge in [0.2, 0.25) is 0 Å². The van der Waals surface area contributed by atoms with Crippen LogP contribution in [0, 0.1) is 46.3 Å². The molecular weight excluding hydrogens is 368 g/mol. The molecule has 4 nitrogen and oxygen atoms in total. The lowest BCUT2D eigenvalue weighted by atomic mass is 10.1. The van der Waals surface area contributed by atoms with Crippen LogP contribution < -0.4 is 9.80 Å². The SMILES string of the molecule is CCN(CC)c1ccc(C#CC(C#Cc2ccc(N(C)C)cc2)=C(C#N)C#N)cc1. The molecule has 2 aromatic carbocycles. The summed E-state index contributed by atoms with van der Waals surface area (Å²) in [7, 11) is 3.94. The Balaban J connectivity index is 2.33. The molecule has 0 fully saturated rings. The number of hydrogen-bond donors (Lipinski definition) is 0. The maximum absolute atomic E-state index is 9.26. The van der Waals surface area contributed by atoms with Gasteiger partial charge in [0.05, 0.1) is 0 Å². The number of benzene rings is 2. The molecule has 0 aliphatic heterocycles. The van der Waals surface area contributed by atoms with Gasteiger partial charge < -0.3 is 9.80 Å². The van der Waals surface area contributed by atoms with E-state index in [4.69, 9.17) is 0 Å². The number of rotatable bonds is 4. The third-order valence-electron chi connectivity index (χ3n) is 4.52. The molecule has 0 N–H and O–H groups in total. The van der Waals surface area contributed by atoms with Crippen LogP contribution in [0.5, 0.6) is 0 Å². The van der Waals surface area contributed by atoms with Crippen molar-refractivity contribution in [3.05, 3.63) is 70.8 Å². The van der Waals surface area contributed by atoms with Gasteiger partial charge >= 0.3 is 0 Å². The first-order valence-corrected chi connectivity index (χ1v) is 9.73. The Morgan fingerprint density at radius 2 is 1.13 bits per heavy atom. The predicted molar refractivity (Wildman–Crippen MR) is 123 cm³/mol. The van der Waals surface area contributed by atoms with Crippen molar-refractivity contribution in [2.24, 2.45) is 0 Å². The van der Waals surface area contributed by atoms with Gasteiger partial charge in [-0.25, -0.2) is 0 Å². The number of nitriles is 2. The van der Waals surface area contributed by atoms with Gasteiger partial charge in [0.1, 0.15) is 17.7 Å². The first-order chi connectivity index (χ1) is 14.5. The number of anilines is 2. The zero-order valence-corrected chi connectivity index (χ0v) is 17.8. The molecule has 0 saturated carbocycles. The van der Waals surface area contributed by atoms with E-state index in [0.717, 1.165) is 35.6 Å². The van der Waals surface area contributed by atoms with E-state index < -0.39 is 0 Å². The molecule has 0 aliphatic rings. The largest absolute Gasteiger partial charge is 0.378 e. The second-order valence-corrected chi connectivity index (χ2v) is 6.63. The summed E-state index contributed by atoms with van der Waals surface area (Å²) < 4.78 is 0. The molecular formula is C26H24N4. The lowest BCUT2D eigenvalue weighted by Crippen LogP contribution is -2.21. The highest BCUT2D eigenvalue weighted by Crippen LogP contribution is 2.15. The van der Waals surface area contributed by atoms with E-state index in [0.29, 0.717) is 0 Å². The van der Waals surface area contributed by atoms with Crippen molar-refractivity contribution < 1.29 is 0 Å². The topological polar surface area (TPSA) is 54.1 Å². The average Bonchev–Trinajstić information content (AvgIpc) is 2.77. The number of nitrogens with zero attached hydrogens (tertiary/aromatic N) is 4. The molecule has 0 unspecified atom stereocenters. The average molecular weight is 393 g/mol. The molecule has 0 saturated heterocycles. The van der Waals surface area contributed by atoms with Crippen molar-refractivity contribution >= 4 is 11.4 Å². The van der Waals surface area contributed by atoms with E-state index in [-0.39, 0.29) is 11.1 Å². The standard InChI is InChI=1S/C26H24N4/c1-5-30(6-2)26-17-11-22(12-18-26)8-14-23(24(19-27)20-28)13-7-21-9-15-25(16-10-21)29(3)4/h9-12,15-18H,5-6H2,1-4H3. The molecule has 0 heterocycles. The van der Waals surface area contributed by atoms with Crippen molar-refractivity contribution in [2.75, 3.05) is 37.0 Å². The van der Waals surface area contributed by atoms with Gasteiger partial charge in [0.25, 0.3) is 0 Å². The summed E-state index contributed by atoms with van der Waals surface area (Å²) in [5, 5.41) is 18.5. The maximum atomic E-state index is 9.26. The minimum atomic E-state index is -0.0836. The van der Waals surface area contributed by atoms with Crippen molar-refractivity contribution in [3.8, 4) is 35.8 Å². The van der Waals surface area contributed by atoms with Crippen molar-refractivity contribution in [3.63, 3.8) is 0 Å². The van der Waals surface area contributed by atoms with Gasteiger partial charge in [-0.15, -0.1) is 0 Å². The Labute approximate surface area is 179 Å². The predicted octanol–water partition coefficient (Wildman–Crippen LogP) is 4.35. The Hall–Kier alpha value is -4.12. The second kappa shape index (κ2) is 11.0. The lowest BCUT2D eigenvalue weighted by molar-refractivity contribution is 0.866. The van der Waals surface area contributed by atoms with Gasteiger partial charge in [0.15, 0.2) is 5.57 Å². The van der Waals surface area contributed by atoms with Crippen molar-refractivity contribution in [2.45, 2.75) is 13.8 Å². The highest BCUT2D eigenvalue weighted by Gasteiger charge is 2.02. The molecule has 30 heavy (non-hydrogen) atoms. The van der Waals surface area contributed by atoms with Crippen LogP contribution >= 0.6 is 0 Å². The van der Waals surface area contributed by atoms with Crippen LogP contribution in [-0.2, 0) is 0 Å². The lowest BCUT2D eigenvalue weighted by Gasteiger charge is -2.20. The summed E-state index contributed by atoms with van der Waals surface area (Å²) in [4.78, 5) is 4.25. The molecule has 2 rings (SSSR count). The fourth-order valence-corrected chi connectivity index (χ4v) is 2.75. The molecule has 0 amide bonds. The Kier molecular flexibility index (Phi) is 8.15. The number of allylic oxidation sites excluding steroid dienone is 2. The summed E-state index contributed by atoms with van der Waals surface area (Å²) in [5.41, 5.74) is 3.94. The molecule has 0 aliphatic carbocycles. The van der Waals surface area contributed by atoms with Gasteiger partial charge in [-0.3, -0.25) is 0 Å². The van der Waals surface area contributed by atoms with E-state index in [1.165, 1.54) is 0 Å². The highest BCUT2D eigenvalue weighted by molar-refractivity contribution is 5.61. The monoisotopic (exact) mass is 392 g/mol. The van der Waals surface area contributed by atoms with Crippen LogP contribution in [0.25, 0.3) is 0 Å². The molecule has 0 aromatic heterocycles. The molecule has 0 spiro atoms. The van der Waals surface area contributed by atoms with E-state index in [9.17, 15) is 10.5 Å². The Morgan fingerprint density at radius 3 is 1.50 bits per heavy atom. The highest BCUT2D eigenvalue weighted by atomic mass is 15.1. The summed E-state index contributed by atoms with van der Waals surface area (Å²) in [5.74, 6) is 11.8. The minimum Gasteiger partial charge on any atom is -0.378 e. The van der Waals surface area contributed by atoms with Crippen LogP contribution in [0.4, 0.5) is 11.4 Å².